The van der Waals surface area contributed by atoms with E-state index in [1.807, 2.05) is 79.4 Å². The standard InChI is InChI=1S/C32H38N4O4/c1-22(2)36-21-27(20-34-19-23-11-13-26(14-12-23)39-25-7-4-3-5-8-25)40-30-28(32(36)38)9-6-10-29(30)35-31(37)24-15-17-33-18-16-24/h3-14,22,24,27,33-34H,15-21H2,1-2H3,(H,35,37). The number of ether oxygens (including phenoxy) is 2. The molecule has 2 heterocycles. The van der Waals surface area contributed by atoms with Crippen LogP contribution in [0, 0.1) is 5.92 Å². The predicted octanol–water partition coefficient (Wildman–Crippen LogP) is 4.82. The van der Waals surface area contributed by atoms with Crippen molar-refractivity contribution in [3.8, 4) is 17.2 Å². The van der Waals surface area contributed by atoms with Crippen molar-refractivity contribution in [1.29, 1.82) is 0 Å². The normalized spacial score (nSPS) is 17.6. The first kappa shape index (κ1) is 27.7. The molecular formula is C32H38N4O4. The number of piperidine rings is 1. The molecule has 3 aromatic carbocycles. The van der Waals surface area contributed by atoms with E-state index in [-0.39, 0.29) is 29.9 Å². The Morgan fingerprint density at radius 2 is 1.73 bits per heavy atom. The van der Waals surface area contributed by atoms with Gasteiger partial charge in [-0.05, 0) is 81.7 Å². The van der Waals surface area contributed by atoms with Crippen LogP contribution in [0.2, 0.25) is 0 Å². The topological polar surface area (TPSA) is 91.9 Å². The Hall–Kier alpha value is -3.88. The molecule has 0 aromatic heterocycles. The molecule has 1 fully saturated rings. The van der Waals surface area contributed by atoms with Crippen LogP contribution >= 0.6 is 0 Å². The van der Waals surface area contributed by atoms with Crippen molar-refractivity contribution in [1.82, 2.24) is 15.5 Å². The molecule has 8 heteroatoms. The summed E-state index contributed by atoms with van der Waals surface area (Å²) in [6, 6.07) is 23.1. The van der Waals surface area contributed by atoms with Crippen LogP contribution < -0.4 is 25.4 Å². The molecule has 2 amide bonds. The average molecular weight is 543 g/mol. The minimum absolute atomic E-state index is 0.00898. The first-order chi connectivity index (χ1) is 19.5. The van der Waals surface area contributed by atoms with Gasteiger partial charge in [0.25, 0.3) is 5.91 Å². The maximum absolute atomic E-state index is 13.5. The molecule has 2 aliphatic rings. The zero-order valence-corrected chi connectivity index (χ0v) is 23.2. The summed E-state index contributed by atoms with van der Waals surface area (Å²) in [6.45, 7) is 7.31. The molecule has 0 spiro atoms. The number of rotatable bonds is 9. The number of para-hydroxylation sites is 2. The third-order valence-corrected chi connectivity index (χ3v) is 7.39. The van der Waals surface area contributed by atoms with Gasteiger partial charge in [-0.15, -0.1) is 0 Å². The number of carbonyl (C=O) groups is 2. The number of nitrogens with zero attached hydrogens (tertiary/aromatic N) is 1. The zero-order valence-electron chi connectivity index (χ0n) is 23.2. The van der Waals surface area contributed by atoms with Crippen LogP contribution in [0.5, 0.6) is 17.2 Å². The number of hydrogen-bond donors (Lipinski definition) is 3. The summed E-state index contributed by atoms with van der Waals surface area (Å²) in [5.74, 6) is 1.88. The summed E-state index contributed by atoms with van der Waals surface area (Å²) in [7, 11) is 0. The van der Waals surface area contributed by atoms with Crippen molar-refractivity contribution in [2.24, 2.45) is 5.92 Å². The molecule has 1 atom stereocenters. The summed E-state index contributed by atoms with van der Waals surface area (Å²) in [5.41, 5.74) is 2.15. The maximum atomic E-state index is 13.5. The van der Waals surface area contributed by atoms with E-state index in [0.29, 0.717) is 36.6 Å². The fourth-order valence-electron chi connectivity index (χ4n) is 5.14. The fraction of sp³-hybridized carbons (Fsp3) is 0.375. The molecule has 0 saturated carbocycles. The van der Waals surface area contributed by atoms with E-state index >= 15 is 0 Å². The highest BCUT2D eigenvalue weighted by atomic mass is 16.5. The Balaban J connectivity index is 1.25. The number of benzene rings is 3. The molecule has 40 heavy (non-hydrogen) atoms. The highest BCUT2D eigenvalue weighted by Gasteiger charge is 2.32. The van der Waals surface area contributed by atoms with Crippen molar-refractivity contribution in [3.05, 3.63) is 83.9 Å². The molecule has 210 valence electrons. The molecular weight excluding hydrogens is 504 g/mol. The lowest BCUT2D eigenvalue weighted by molar-refractivity contribution is -0.120. The van der Waals surface area contributed by atoms with Gasteiger partial charge in [0.1, 0.15) is 17.6 Å². The van der Waals surface area contributed by atoms with Gasteiger partial charge in [-0.2, -0.15) is 0 Å². The molecule has 0 bridgehead atoms. The summed E-state index contributed by atoms with van der Waals surface area (Å²) in [6.07, 6.45) is 1.31. The number of anilines is 1. The molecule has 3 aromatic rings. The van der Waals surface area contributed by atoms with Crippen LogP contribution in [-0.4, -0.2) is 55.0 Å². The molecule has 2 aliphatic heterocycles. The van der Waals surface area contributed by atoms with Gasteiger partial charge in [-0.3, -0.25) is 9.59 Å². The van der Waals surface area contributed by atoms with Crippen molar-refractivity contribution in [3.63, 3.8) is 0 Å². The molecule has 1 unspecified atom stereocenters. The number of hydrogen-bond acceptors (Lipinski definition) is 6. The predicted molar refractivity (Wildman–Crippen MR) is 156 cm³/mol. The number of fused-ring (bicyclic) bond motifs is 1. The van der Waals surface area contributed by atoms with Crippen LogP contribution in [0.1, 0.15) is 42.6 Å². The zero-order chi connectivity index (χ0) is 27.9. The summed E-state index contributed by atoms with van der Waals surface area (Å²) >= 11 is 0. The summed E-state index contributed by atoms with van der Waals surface area (Å²) in [4.78, 5) is 28.4. The lowest BCUT2D eigenvalue weighted by Crippen LogP contribution is -2.44. The van der Waals surface area contributed by atoms with E-state index in [1.165, 1.54) is 0 Å². The van der Waals surface area contributed by atoms with Gasteiger partial charge >= 0.3 is 0 Å². The van der Waals surface area contributed by atoms with Crippen LogP contribution in [-0.2, 0) is 11.3 Å². The van der Waals surface area contributed by atoms with E-state index in [1.54, 1.807) is 12.1 Å². The average Bonchev–Trinajstić information content (AvgIpc) is 3.12. The van der Waals surface area contributed by atoms with Crippen LogP contribution in [0.15, 0.2) is 72.8 Å². The van der Waals surface area contributed by atoms with Gasteiger partial charge in [0, 0.05) is 25.0 Å². The fourth-order valence-corrected chi connectivity index (χ4v) is 5.14. The molecule has 5 rings (SSSR count). The van der Waals surface area contributed by atoms with Crippen molar-refractivity contribution >= 4 is 17.5 Å². The Bertz CT molecular complexity index is 1290. The molecule has 0 aliphatic carbocycles. The second-order valence-electron chi connectivity index (χ2n) is 10.7. The number of amides is 2. The quantitative estimate of drug-likeness (QED) is 0.359. The second kappa shape index (κ2) is 13.0. The van der Waals surface area contributed by atoms with Crippen molar-refractivity contribution in [2.75, 3.05) is 31.5 Å². The first-order valence-corrected chi connectivity index (χ1v) is 14.1. The van der Waals surface area contributed by atoms with Crippen LogP contribution in [0.3, 0.4) is 0 Å². The van der Waals surface area contributed by atoms with E-state index < -0.39 is 0 Å². The maximum Gasteiger partial charge on any atom is 0.258 e. The minimum Gasteiger partial charge on any atom is -0.484 e. The first-order valence-electron chi connectivity index (χ1n) is 14.1. The van der Waals surface area contributed by atoms with Gasteiger partial charge in [0.2, 0.25) is 5.91 Å². The third kappa shape index (κ3) is 6.81. The number of carbonyl (C=O) groups excluding carboxylic acids is 2. The largest absolute Gasteiger partial charge is 0.484 e. The molecule has 1 saturated heterocycles. The van der Waals surface area contributed by atoms with Gasteiger partial charge in [-0.1, -0.05) is 36.4 Å². The molecule has 3 N–H and O–H groups in total. The van der Waals surface area contributed by atoms with Gasteiger partial charge in [0.05, 0.1) is 17.8 Å². The van der Waals surface area contributed by atoms with Crippen molar-refractivity contribution < 1.29 is 19.1 Å². The Morgan fingerprint density at radius 3 is 2.45 bits per heavy atom. The summed E-state index contributed by atoms with van der Waals surface area (Å²) < 4.78 is 12.4. The monoisotopic (exact) mass is 542 g/mol. The SMILES string of the molecule is CC(C)N1CC(CNCc2ccc(Oc3ccccc3)cc2)Oc2c(NC(=O)C3CCNCC3)cccc2C1=O. The Morgan fingerprint density at radius 1 is 1.00 bits per heavy atom. The lowest BCUT2D eigenvalue weighted by atomic mass is 9.97. The summed E-state index contributed by atoms with van der Waals surface area (Å²) in [5, 5.41) is 9.84. The van der Waals surface area contributed by atoms with E-state index in [0.717, 1.165) is 43.0 Å². The van der Waals surface area contributed by atoms with Crippen LogP contribution in [0.25, 0.3) is 0 Å². The Labute approximate surface area is 236 Å². The Kier molecular flexibility index (Phi) is 8.98. The lowest BCUT2D eigenvalue weighted by Gasteiger charge is -2.28. The van der Waals surface area contributed by atoms with Gasteiger partial charge in [0.15, 0.2) is 5.75 Å². The highest BCUT2D eigenvalue weighted by molar-refractivity contribution is 6.02. The molecule has 8 nitrogen and oxygen atoms in total. The second-order valence-corrected chi connectivity index (χ2v) is 10.7. The van der Waals surface area contributed by atoms with Crippen molar-refractivity contribution in [2.45, 2.75) is 45.4 Å². The minimum atomic E-state index is -0.287. The van der Waals surface area contributed by atoms with Gasteiger partial charge in [-0.25, -0.2) is 0 Å². The smallest absolute Gasteiger partial charge is 0.258 e. The highest BCUT2D eigenvalue weighted by Crippen LogP contribution is 2.34. The van der Waals surface area contributed by atoms with E-state index in [9.17, 15) is 9.59 Å². The molecule has 0 radical (unpaired) electrons. The third-order valence-electron chi connectivity index (χ3n) is 7.39. The van der Waals surface area contributed by atoms with Gasteiger partial charge < -0.3 is 30.3 Å². The van der Waals surface area contributed by atoms with Crippen LogP contribution in [0.4, 0.5) is 5.69 Å². The number of nitrogens with one attached hydrogen (secondary N) is 3. The van der Waals surface area contributed by atoms with E-state index in [4.69, 9.17) is 9.47 Å². The van der Waals surface area contributed by atoms with E-state index in [2.05, 4.69) is 16.0 Å².